The quantitative estimate of drug-likeness (QED) is 0.127. The molecule has 0 amide bonds. The number of ketones is 1. The monoisotopic (exact) mass is 880 g/mol. The van der Waals surface area contributed by atoms with Gasteiger partial charge in [-0.05, 0) is 91.4 Å². The fourth-order valence-corrected chi connectivity index (χ4v) is 13.8. The molecule has 0 radical (unpaired) electrons. The van der Waals surface area contributed by atoms with Crippen LogP contribution in [0.1, 0.15) is 107 Å². The predicted molar refractivity (Wildman–Crippen MR) is 210 cm³/mol. The summed E-state index contributed by atoms with van der Waals surface area (Å²) < 4.78 is 29.3. The summed E-state index contributed by atoms with van der Waals surface area (Å²) in [7, 11) is 0. The van der Waals surface area contributed by atoms with Crippen LogP contribution in [0, 0.1) is 50.2 Å². The average Bonchev–Trinajstić information content (AvgIpc) is 3.16. The molecule has 348 valence electrons. The Morgan fingerprint density at radius 2 is 1.27 bits per heavy atom. The van der Waals surface area contributed by atoms with Crippen LogP contribution in [0.15, 0.2) is 11.6 Å². The second kappa shape index (κ2) is 15.5. The summed E-state index contributed by atoms with van der Waals surface area (Å²) in [5.74, 6) is -5.74. The fraction of sp³-hybridized carbons (Fsp3) is 0.841. The molecule has 0 aromatic carbocycles. The molecule has 6 fully saturated rings. The van der Waals surface area contributed by atoms with Gasteiger partial charge in [0.15, 0.2) is 30.6 Å². The third-order valence-electron chi connectivity index (χ3n) is 17.6. The fourth-order valence-electron chi connectivity index (χ4n) is 13.8. The molecule has 20 atom stereocenters. The van der Waals surface area contributed by atoms with Gasteiger partial charge in [0, 0.05) is 24.7 Å². The van der Waals surface area contributed by atoms with Gasteiger partial charge in [0.05, 0.1) is 11.5 Å². The number of carbonyl (C=O) groups is 5. The van der Waals surface area contributed by atoms with E-state index in [0.29, 0.717) is 44.9 Å². The maximum absolute atomic E-state index is 15.0. The number of ether oxygens (including phenoxy) is 5. The number of carboxylic acids is 3. The molecule has 62 heavy (non-hydrogen) atoms. The molecule has 8 N–H and O–H groups in total. The van der Waals surface area contributed by atoms with Crippen molar-refractivity contribution in [1.29, 1.82) is 0 Å². The Hall–Kier alpha value is -3.07. The van der Waals surface area contributed by atoms with E-state index in [0.717, 1.165) is 5.57 Å². The normalized spacial score (nSPS) is 51.0. The first-order chi connectivity index (χ1) is 28.6. The van der Waals surface area contributed by atoms with Crippen LogP contribution in [0.25, 0.3) is 0 Å². The van der Waals surface area contributed by atoms with Gasteiger partial charge in [-0.3, -0.25) is 14.4 Å². The lowest BCUT2D eigenvalue weighted by molar-refractivity contribution is -0.371. The number of fused-ring (bicyclic) bond motifs is 7. The van der Waals surface area contributed by atoms with Crippen LogP contribution in [0.3, 0.4) is 0 Å². The number of aliphatic hydroxyl groups excluding tert-OH is 5. The summed E-state index contributed by atoms with van der Waals surface area (Å²) in [4.78, 5) is 64.2. The molecule has 18 heteroatoms. The summed E-state index contributed by atoms with van der Waals surface area (Å²) in [6, 6.07) is 0. The molecule has 0 aromatic rings. The highest BCUT2D eigenvalue weighted by Gasteiger charge is 2.72. The Balaban J connectivity index is 1.19. The molecule has 4 saturated carbocycles. The van der Waals surface area contributed by atoms with Crippen molar-refractivity contribution < 1.29 is 88.5 Å². The summed E-state index contributed by atoms with van der Waals surface area (Å²) in [5.41, 5.74) is -3.24. The molecule has 7 rings (SSSR count). The minimum Gasteiger partial charge on any atom is -0.481 e. The minimum absolute atomic E-state index is 0.0401. The van der Waals surface area contributed by atoms with Crippen LogP contribution < -0.4 is 0 Å². The SMILES string of the molecule is CC(=O)O[C@@H]1C[C@](C)(C(=O)O)C[C@@H]2C3=CC(=O)[C@@H]4[C@@]5(C)CC[C@H](O[C@H]6O[C@@H](C(=O)O)[C@H](O)[C@@H](O)[C@@H]6O[C@H]6O[C@@H](C(=O)O)[C@H](O)[C@@H](O)[C@@H]6O)C(C)(C)[C@@H]5CC[C@@]4(C)[C@]3(C)CC[C@]21C. The maximum Gasteiger partial charge on any atom is 0.335 e. The molecule has 0 bridgehead atoms. The van der Waals surface area contributed by atoms with Crippen LogP contribution in [0.5, 0.6) is 0 Å². The van der Waals surface area contributed by atoms with Crippen LogP contribution >= 0.6 is 0 Å². The van der Waals surface area contributed by atoms with Gasteiger partial charge >= 0.3 is 23.9 Å². The largest absolute Gasteiger partial charge is 0.481 e. The Kier molecular flexibility index (Phi) is 11.8. The van der Waals surface area contributed by atoms with E-state index >= 15 is 4.79 Å². The Morgan fingerprint density at radius 1 is 0.677 bits per heavy atom. The van der Waals surface area contributed by atoms with Crippen molar-refractivity contribution in [2.45, 2.75) is 180 Å². The third-order valence-corrected chi connectivity index (χ3v) is 17.6. The van der Waals surface area contributed by atoms with E-state index in [1.807, 2.05) is 13.8 Å². The molecule has 5 aliphatic carbocycles. The van der Waals surface area contributed by atoms with Crippen molar-refractivity contribution in [3.8, 4) is 0 Å². The van der Waals surface area contributed by atoms with E-state index < -0.39 is 136 Å². The maximum atomic E-state index is 15.0. The van der Waals surface area contributed by atoms with Gasteiger partial charge in [-0.15, -0.1) is 0 Å². The van der Waals surface area contributed by atoms with Crippen molar-refractivity contribution >= 4 is 29.7 Å². The lowest BCUT2D eigenvalue weighted by atomic mass is 9.33. The van der Waals surface area contributed by atoms with Gasteiger partial charge < -0.3 is 64.5 Å². The van der Waals surface area contributed by atoms with E-state index in [1.165, 1.54) is 6.92 Å². The molecule has 7 aliphatic rings. The van der Waals surface area contributed by atoms with Crippen molar-refractivity contribution in [3.63, 3.8) is 0 Å². The molecule has 2 saturated heterocycles. The zero-order chi connectivity index (χ0) is 46.0. The van der Waals surface area contributed by atoms with E-state index in [9.17, 15) is 60.0 Å². The van der Waals surface area contributed by atoms with Gasteiger partial charge in [0.25, 0.3) is 0 Å². The highest BCUT2D eigenvalue weighted by atomic mass is 16.8. The van der Waals surface area contributed by atoms with Crippen LogP contribution in [0.4, 0.5) is 0 Å². The number of allylic oxidation sites excluding steroid dienone is 2. The van der Waals surface area contributed by atoms with Crippen LogP contribution in [-0.2, 0) is 47.7 Å². The van der Waals surface area contributed by atoms with Crippen LogP contribution in [-0.4, -0.2) is 144 Å². The second-order valence-electron chi connectivity index (χ2n) is 21.3. The Bertz CT molecular complexity index is 1880. The van der Waals surface area contributed by atoms with Gasteiger partial charge in [-0.1, -0.05) is 47.1 Å². The summed E-state index contributed by atoms with van der Waals surface area (Å²) in [6.07, 6.45) is -15.5. The van der Waals surface area contributed by atoms with Crippen LogP contribution in [0.2, 0.25) is 0 Å². The highest BCUT2D eigenvalue weighted by Crippen LogP contribution is 2.75. The van der Waals surface area contributed by atoms with E-state index in [4.69, 9.17) is 23.7 Å². The standard InChI is InChI=1S/C44H64O18/c1-18(45)58-24-17-40(4,38(56)57)16-20-19-15-21(46)33-42(6)11-10-23(39(2,3)22(42)9-12-44(33,8)43(19,7)14-13-41(20,24)5)59-37-32(28(50)27(49)31(61-37)35(54)55)62-36-29(51)25(47)26(48)30(60-36)34(52)53/h15,20,22-33,36-37,47-51H,9-14,16-17H2,1-8H3,(H,52,53)(H,54,55)(H,56,57)/t20-,22+,23+,24-,25-,26-,27-,28-,29+,30-,31-,32+,33-,36-,37+,40-,41-,42+,43-,44-/m1/s1. The van der Waals surface area contributed by atoms with Crippen molar-refractivity contribution in [2.75, 3.05) is 0 Å². The number of hydrogen-bond acceptors (Lipinski definition) is 15. The number of carboxylic acid groups (broad SMARTS) is 3. The molecular formula is C44H64O18. The van der Waals surface area contributed by atoms with Gasteiger partial charge in [0.1, 0.15) is 42.7 Å². The molecule has 0 spiro atoms. The molecule has 0 unspecified atom stereocenters. The average molecular weight is 881 g/mol. The third kappa shape index (κ3) is 6.88. The van der Waals surface area contributed by atoms with E-state index in [-0.39, 0.29) is 24.0 Å². The lowest BCUT2D eigenvalue weighted by Crippen LogP contribution is -2.68. The van der Waals surface area contributed by atoms with E-state index in [2.05, 4.69) is 27.7 Å². The Morgan fingerprint density at radius 3 is 1.85 bits per heavy atom. The summed E-state index contributed by atoms with van der Waals surface area (Å²) in [6.45, 7) is 15.6. The second-order valence-corrected chi connectivity index (χ2v) is 21.3. The number of carbonyl (C=O) groups excluding carboxylic acids is 2. The first-order valence-corrected chi connectivity index (χ1v) is 21.7. The molecule has 0 aromatic heterocycles. The van der Waals surface area contributed by atoms with Crippen molar-refractivity contribution in [2.24, 2.45) is 50.2 Å². The molecule has 18 nitrogen and oxygen atoms in total. The smallest absolute Gasteiger partial charge is 0.335 e. The molecule has 2 aliphatic heterocycles. The highest BCUT2D eigenvalue weighted by molar-refractivity contribution is 5.95. The number of hydrogen-bond donors (Lipinski definition) is 8. The molecular weight excluding hydrogens is 816 g/mol. The van der Waals surface area contributed by atoms with Gasteiger partial charge in [-0.25, -0.2) is 9.59 Å². The topological polar surface area (TPSA) is 293 Å². The number of esters is 1. The number of aliphatic carboxylic acids is 3. The predicted octanol–water partition coefficient (Wildman–Crippen LogP) is 1.79. The lowest BCUT2D eigenvalue weighted by Gasteiger charge is -2.71. The zero-order valence-electron chi connectivity index (χ0n) is 36.6. The van der Waals surface area contributed by atoms with E-state index in [1.54, 1.807) is 13.0 Å². The minimum atomic E-state index is -2.07. The zero-order valence-corrected chi connectivity index (χ0v) is 36.6. The first-order valence-electron chi connectivity index (χ1n) is 21.7. The van der Waals surface area contributed by atoms with Gasteiger partial charge in [-0.2, -0.15) is 0 Å². The summed E-state index contributed by atoms with van der Waals surface area (Å²) in [5, 5.41) is 83.4. The molecule has 2 heterocycles. The van der Waals surface area contributed by atoms with Gasteiger partial charge in [0.2, 0.25) is 0 Å². The first kappa shape index (κ1) is 46.9. The number of aliphatic hydroxyl groups is 5. The van der Waals surface area contributed by atoms with Crippen molar-refractivity contribution in [1.82, 2.24) is 0 Å². The Labute approximate surface area is 359 Å². The summed E-state index contributed by atoms with van der Waals surface area (Å²) >= 11 is 0. The number of rotatable bonds is 8. The van der Waals surface area contributed by atoms with Crippen molar-refractivity contribution in [3.05, 3.63) is 11.6 Å².